The van der Waals surface area contributed by atoms with E-state index < -0.39 is 0 Å². The molecule has 0 spiro atoms. The number of rotatable bonds is 5. The van der Waals surface area contributed by atoms with Crippen molar-refractivity contribution in [3.05, 3.63) is 90.0 Å². The van der Waals surface area contributed by atoms with Crippen molar-refractivity contribution in [3.8, 4) is 11.1 Å². The van der Waals surface area contributed by atoms with Crippen molar-refractivity contribution < 1.29 is 4.79 Å². The Morgan fingerprint density at radius 3 is 2.12 bits per heavy atom. The number of urea groups is 1. The van der Waals surface area contributed by atoms with Crippen LogP contribution in [0, 0.1) is 6.92 Å². The van der Waals surface area contributed by atoms with Crippen molar-refractivity contribution in [3.63, 3.8) is 0 Å². The van der Waals surface area contributed by atoms with E-state index in [2.05, 4.69) is 54.0 Å². The minimum Gasteiger partial charge on any atom is -0.338 e. The van der Waals surface area contributed by atoms with Crippen molar-refractivity contribution in [2.75, 3.05) is 11.9 Å². The normalized spacial score (nSPS) is 10.3. The monoisotopic (exact) mass is 330 g/mol. The Bertz CT molecular complexity index is 809. The van der Waals surface area contributed by atoms with Crippen LogP contribution in [0.5, 0.6) is 0 Å². The molecule has 2 N–H and O–H groups in total. The molecule has 3 aromatic rings. The number of hydrogen-bond acceptors (Lipinski definition) is 1. The summed E-state index contributed by atoms with van der Waals surface area (Å²) in [5.74, 6) is 0. The molecular formula is C22H22N2O. The lowest BCUT2D eigenvalue weighted by molar-refractivity contribution is 0.252. The molecule has 0 aromatic heterocycles. The number of hydrogen-bond donors (Lipinski definition) is 2. The minimum atomic E-state index is -0.181. The first-order valence-electron chi connectivity index (χ1n) is 8.46. The highest BCUT2D eigenvalue weighted by Crippen LogP contribution is 2.20. The summed E-state index contributed by atoms with van der Waals surface area (Å²) in [6, 6.07) is 26.2. The summed E-state index contributed by atoms with van der Waals surface area (Å²) in [4.78, 5) is 12.0. The van der Waals surface area contributed by atoms with Gasteiger partial charge in [0.1, 0.15) is 0 Å². The zero-order valence-corrected chi connectivity index (χ0v) is 14.3. The van der Waals surface area contributed by atoms with E-state index in [1.807, 2.05) is 42.5 Å². The van der Waals surface area contributed by atoms with Crippen LogP contribution in [0.3, 0.4) is 0 Å². The first-order valence-corrected chi connectivity index (χ1v) is 8.46. The lowest BCUT2D eigenvalue weighted by Crippen LogP contribution is -2.30. The van der Waals surface area contributed by atoms with Crippen molar-refractivity contribution in [2.45, 2.75) is 13.3 Å². The van der Waals surface area contributed by atoms with Gasteiger partial charge in [-0.3, -0.25) is 0 Å². The number of nitrogens with one attached hydrogen (secondary N) is 2. The number of anilines is 1. The molecule has 0 saturated heterocycles. The van der Waals surface area contributed by atoms with Crippen LogP contribution in [0.2, 0.25) is 0 Å². The summed E-state index contributed by atoms with van der Waals surface area (Å²) in [7, 11) is 0. The van der Waals surface area contributed by atoms with Crippen LogP contribution in [0.4, 0.5) is 10.5 Å². The van der Waals surface area contributed by atoms with Gasteiger partial charge in [0.2, 0.25) is 0 Å². The fourth-order valence-corrected chi connectivity index (χ4v) is 2.63. The second-order valence-electron chi connectivity index (χ2n) is 6.06. The van der Waals surface area contributed by atoms with Gasteiger partial charge in [0.25, 0.3) is 0 Å². The summed E-state index contributed by atoms with van der Waals surface area (Å²) in [5.41, 5.74) is 5.54. The summed E-state index contributed by atoms with van der Waals surface area (Å²) < 4.78 is 0. The second-order valence-corrected chi connectivity index (χ2v) is 6.06. The third-order valence-corrected chi connectivity index (χ3v) is 4.07. The predicted octanol–water partition coefficient (Wildman–Crippen LogP) is 5.03. The Balaban J connectivity index is 1.48. The highest BCUT2D eigenvalue weighted by molar-refractivity contribution is 5.89. The minimum absolute atomic E-state index is 0.181. The van der Waals surface area contributed by atoms with Gasteiger partial charge in [-0.05, 0) is 42.2 Å². The zero-order chi connectivity index (χ0) is 17.5. The smallest absolute Gasteiger partial charge is 0.319 e. The zero-order valence-electron chi connectivity index (χ0n) is 14.3. The molecule has 3 nitrogen and oxygen atoms in total. The maximum atomic E-state index is 12.0. The molecule has 0 bridgehead atoms. The summed E-state index contributed by atoms with van der Waals surface area (Å²) in [6.07, 6.45) is 0.820. The molecule has 0 saturated carbocycles. The molecule has 0 aliphatic rings. The van der Waals surface area contributed by atoms with E-state index in [0.717, 1.165) is 23.2 Å². The number of aryl methyl sites for hydroxylation is 1. The fraction of sp³-hybridized carbons (Fsp3) is 0.136. The van der Waals surface area contributed by atoms with Gasteiger partial charge in [-0.2, -0.15) is 0 Å². The average molecular weight is 330 g/mol. The van der Waals surface area contributed by atoms with Crippen LogP contribution in [-0.4, -0.2) is 12.6 Å². The maximum Gasteiger partial charge on any atom is 0.319 e. The third-order valence-electron chi connectivity index (χ3n) is 4.07. The number of amides is 2. The summed E-state index contributed by atoms with van der Waals surface area (Å²) >= 11 is 0. The van der Waals surface area contributed by atoms with Crippen LogP contribution in [0.25, 0.3) is 11.1 Å². The SMILES string of the molecule is Cc1ccc(CCNC(=O)Nc2ccc(-c3ccccc3)cc2)cc1. The quantitative estimate of drug-likeness (QED) is 0.677. The molecule has 0 aliphatic heterocycles. The second kappa shape index (κ2) is 8.15. The molecule has 0 atom stereocenters. The van der Waals surface area contributed by atoms with Crippen LogP contribution in [0.15, 0.2) is 78.9 Å². The largest absolute Gasteiger partial charge is 0.338 e. The van der Waals surface area contributed by atoms with Crippen molar-refractivity contribution >= 4 is 11.7 Å². The van der Waals surface area contributed by atoms with Crippen LogP contribution in [0.1, 0.15) is 11.1 Å². The van der Waals surface area contributed by atoms with E-state index in [0.29, 0.717) is 6.54 Å². The summed E-state index contributed by atoms with van der Waals surface area (Å²) in [6.45, 7) is 2.68. The Labute approximate surface area is 148 Å². The van der Waals surface area contributed by atoms with Gasteiger partial charge < -0.3 is 10.6 Å². The van der Waals surface area contributed by atoms with Crippen molar-refractivity contribution in [1.82, 2.24) is 5.32 Å². The van der Waals surface area contributed by atoms with E-state index in [1.54, 1.807) is 0 Å². The van der Waals surface area contributed by atoms with Gasteiger partial charge in [-0.1, -0.05) is 72.3 Å². The molecule has 2 amide bonds. The van der Waals surface area contributed by atoms with Gasteiger partial charge in [0.05, 0.1) is 0 Å². The molecule has 0 heterocycles. The third kappa shape index (κ3) is 4.95. The molecule has 25 heavy (non-hydrogen) atoms. The van der Waals surface area contributed by atoms with Gasteiger partial charge in [0.15, 0.2) is 0 Å². The van der Waals surface area contributed by atoms with E-state index >= 15 is 0 Å². The Morgan fingerprint density at radius 2 is 1.44 bits per heavy atom. The molecule has 3 aromatic carbocycles. The van der Waals surface area contributed by atoms with Crippen molar-refractivity contribution in [1.29, 1.82) is 0 Å². The highest BCUT2D eigenvalue weighted by atomic mass is 16.2. The Kier molecular flexibility index (Phi) is 5.47. The standard InChI is InChI=1S/C22H22N2O/c1-17-7-9-18(10-8-17)15-16-23-22(25)24-21-13-11-20(12-14-21)19-5-3-2-4-6-19/h2-14H,15-16H2,1H3,(H2,23,24,25). The predicted molar refractivity (Wildman–Crippen MR) is 104 cm³/mol. The van der Waals surface area contributed by atoms with Crippen LogP contribution in [-0.2, 0) is 6.42 Å². The molecule has 0 fully saturated rings. The molecule has 0 unspecified atom stereocenters. The maximum absolute atomic E-state index is 12.0. The lowest BCUT2D eigenvalue weighted by atomic mass is 10.1. The van der Waals surface area contributed by atoms with Gasteiger partial charge in [-0.15, -0.1) is 0 Å². The van der Waals surface area contributed by atoms with Gasteiger partial charge in [-0.25, -0.2) is 4.79 Å². The number of benzene rings is 3. The molecule has 0 aliphatic carbocycles. The first kappa shape index (κ1) is 16.8. The van der Waals surface area contributed by atoms with E-state index in [1.165, 1.54) is 11.1 Å². The van der Waals surface area contributed by atoms with E-state index in [9.17, 15) is 4.79 Å². The Hall–Kier alpha value is -3.07. The first-order chi connectivity index (χ1) is 12.2. The summed E-state index contributed by atoms with van der Waals surface area (Å²) in [5, 5.41) is 5.76. The molecule has 126 valence electrons. The van der Waals surface area contributed by atoms with Gasteiger partial charge in [0, 0.05) is 12.2 Å². The average Bonchev–Trinajstić information content (AvgIpc) is 2.65. The fourth-order valence-electron chi connectivity index (χ4n) is 2.63. The highest BCUT2D eigenvalue weighted by Gasteiger charge is 2.02. The molecular weight excluding hydrogens is 308 g/mol. The number of carbonyl (C=O) groups is 1. The van der Waals surface area contributed by atoms with Gasteiger partial charge >= 0.3 is 6.03 Å². The molecule has 3 heteroatoms. The lowest BCUT2D eigenvalue weighted by Gasteiger charge is -2.09. The van der Waals surface area contributed by atoms with Crippen LogP contribution < -0.4 is 10.6 Å². The molecule has 3 rings (SSSR count). The topological polar surface area (TPSA) is 41.1 Å². The Morgan fingerprint density at radius 1 is 0.800 bits per heavy atom. The molecule has 0 radical (unpaired) electrons. The van der Waals surface area contributed by atoms with Crippen molar-refractivity contribution in [2.24, 2.45) is 0 Å². The van der Waals surface area contributed by atoms with Crippen LogP contribution >= 0.6 is 0 Å². The van der Waals surface area contributed by atoms with E-state index in [4.69, 9.17) is 0 Å². The number of carbonyl (C=O) groups excluding carboxylic acids is 1. The van der Waals surface area contributed by atoms with E-state index in [-0.39, 0.29) is 6.03 Å².